The van der Waals surface area contributed by atoms with Crippen molar-refractivity contribution in [3.63, 3.8) is 0 Å². The zero-order chi connectivity index (χ0) is 10.6. The van der Waals surface area contributed by atoms with Gasteiger partial charge in [-0.3, -0.25) is 9.59 Å². The van der Waals surface area contributed by atoms with E-state index in [1.165, 1.54) is 0 Å². The third kappa shape index (κ3) is 3.33. The van der Waals surface area contributed by atoms with Crippen molar-refractivity contribution >= 4 is 11.8 Å². The lowest BCUT2D eigenvalue weighted by Gasteiger charge is -2.34. The summed E-state index contributed by atoms with van der Waals surface area (Å²) >= 11 is 0. The van der Waals surface area contributed by atoms with Gasteiger partial charge in [-0.2, -0.15) is 0 Å². The van der Waals surface area contributed by atoms with E-state index >= 15 is 0 Å². The Bertz CT molecular complexity index is 234. The van der Waals surface area contributed by atoms with E-state index < -0.39 is 5.91 Å². The molecule has 4 N–H and O–H groups in total. The van der Waals surface area contributed by atoms with Gasteiger partial charge in [0.1, 0.15) is 6.42 Å². The zero-order valence-electron chi connectivity index (χ0n) is 8.43. The first kappa shape index (κ1) is 11.0. The number of hydrogen-bond donors (Lipinski definition) is 3. The Balaban J connectivity index is 2.41. The number of nitrogens with two attached hydrogens (primary N) is 1. The van der Waals surface area contributed by atoms with Gasteiger partial charge >= 0.3 is 0 Å². The first-order chi connectivity index (χ1) is 6.52. The zero-order valence-corrected chi connectivity index (χ0v) is 8.43. The van der Waals surface area contributed by atoms with E-state index in [9.17, 15) is 9.59 Å². The summed E-state index contributed by atoms with van der Waals surface area (Å²) < 4.78 is 0. The Morgan fingerprint density at radius 1 is 1.43 bits per heavy atom. The van der Waals surface area contributed by atoms with E-state index in [0.29, 0.717) is 0 Å². The fourth-order valence-electron chi connectivity index (χ4n) is 1.64. The fourth-order valence-corrected chi connectivity index (χ4v) is 1.64. The van der Waals surface area contributed by atoms with Crippen molar-refractivity contribution in [1.29, 1.82) is 0 Å². The molecule has 0 aromatic heterocycles. The second-order valence-electron chi connectivity index (χ2n) is 4.00. The predicted molar refractivity (Wildman–Crippen MR) is 52.5 cm³/mol. The summed E-state index contributed by atoms with van der Waals surface area (Å²) in [6.07, 6.45) is 1.55. The van der Waals surface area contributed by atoms with Gasteiger partial charge in [0, 0.05) is 5.54 Å². The number of carbonyl (C=O) groups is 2. The van der Waals surface area contributed by atoms with Gasteiger partial charge in [-0.25, -0.2) is 0 Å². The molecule has 1 aliphatic heterocycles. The summed E-state index contributed by atoms with van der Waals surface area (Å²) in [4.78, 5) is 21.8. The second kappa shape index (κ2) is 4.41. The van der Waals surface area contributed by atoms with Crippen LogP contribution in [0.3, 0.4) is 0 Å². The second-order valence-corrected chi connectivity index (χ2v) is 4.00. The largest absolute Gasteiger partial charge is 0.369 e. The average Bonchev–Trinajstić information content (AvgIpc) is 2.02. The van der Waals surface area contributed by atoms with Gasteiger partial charge < -0.3 is 16.4 Å². The summed E-state index contributed by atoms with van der Waals surface area (Å²) in [5.74, 6) is -0.859. The fraction of sp³-hybridized carbons (Fsp3) is 0.778. The van der Waals surface area contributed by atoms with Crippen LogP contribution < -0.4 is 16.4 Å². The van der Waals surface area contributed by atoms with Crippen LogP contribution in [0.5, 0.6) is 0 Å². The normalized spacial score (nSPS) is 20.1. The number of rotatable bonds is 3. The average molecular weight is 199 g/mol. The van der Waals surface area contributed by atoms with Crippen LogP contribution in [0.15, 0.2) is 0 Å². The summed E-state index contributed by atoms with van der Waals surface area (Å²) in [6, 6.07) is 0. The molecular formula is C9H17N3O2. The molecule has 0 bridgehead atoms. The van der Waals surface area contributed by atoms with Crippen LogP contribution in [-0.4, -0.2) is 30.4 Å². The molecule has 0 radical (unpaired) electrons. The SMILES string of the molecule is CC1(NC(=O)CC(N)=O)CCNCC1. The molecule has 5 heteroatoms. The molecule has 1 saturated heterocycles. The molecule has 5 nitrogen and oxygen atoms in total. The molecule has 0 aromatic rings. The Morgan fingerprint density at radius 3 is 2.50 bits per heavy atom. The molecule has 14 heavy (non-hydrogen) atoms. The summed E-state index contributed by atoms with van der Waals surface area (Å²) in [7, 11) is 0. The lowest BCUT2D eigenvalue weighted by molar-refractivity contribution is -0.128. The maximum Gasteiger partial charge on any atom is 0.229 e. The highest BCUT2D eigenvalue weighted by Crippen LogP contribution is 2.16. The summed E-state index contributed by atoms with van der Waals surface area (Å²) in [5, 5.41) is 6.06. The molecule has 0 saturated carbocycles. The van der Waals surface area contributed by atoms with Crippen LogP contribution >= 0.6 is 0 Å². The maximum absolute atomic E-state index is 11.3. The number of carbonyl (C=O) groups excluding carboxylic acids is 2. The van der Waals surface area contributed by atoms with Crippen molar-refractivity contribution in [3.8, 4) is 0 Å². The molecule has 0 atom stereocenters. The smallest absolute Gasteiger partial charge is 0.229 e. The Labute approximate surface area is 83.4 Å². The molecule has 1 aliphatic rings. The topological polar surface area (TPSA) is 84.2 Å². The van der Waals surface area contributed by atoms with Crippen LogP contribution in [0.25, 0.3) is 0 Å². The van der Waals surface area contributed by atoms with Crippen molar-refractivity contribution < 1.29 is 9.59 Å². The van der Waals surface area contributed by atoms with E-state index in [-0.39, 0.29) is 17.9 Å². The maximum atomic E-state index is 11.3. The van der Waals surface area contributed by atoms with E-state index in [0.717, 1.165) is 25.9 Å². The molecule has 1 rings (SSSR count). The minimum Gasteiger partial charge on any atom is -0.369 e. The molecule has 0 spiro atoms. The van der Waals surface area contributed by atoms with Gasteiger partial charge in [-0.05, 0) is 32.9 Å². The Hall–Kier alpha value is -1.10. The third-order valence-corrected chi connectivity index (χ3v) is 2.48. The number of hydrogen-bond acceptors (Lipinski definition) is 3. The predicted octanol–water partition coefficient (Wildman–Crippen LogP) is -0.880. The van der Waals surface area contributed by atoms with Crippen LogP contribution in [0, 0.1) is 0 Å². The van der Waals surface area contributed by atoms with Gasteiger partial charge in [0.05, 0.1) is 0 Å². The first-order valence-corrected chi connectivity index (χ1v) is 4.82. The van der Waals surface area contributed by atoms with Crippen molar-refractivity contribution in [2.75, 3.05) is 13.1 Å². The van der Waals surface area contributed by atoms with Gasteiger partial charge in [-0.15, -0.1) is 0 Å². The molecular weight excluding hydrogens is 182 g/mol. The highest BCUT2D eigenvalue weighted by molar-refractivity contribution is 5.96. The van der Waals surface area contributed by atoms with Crippen molar-refractivity contribution in [3.05, 3.63) is 0 Å². The highest BCUT2D eigenvalue weighted by atomic mass is 16.2. The minimum atomic E-state index is -0.583. The molecule has 2 amide bonds. The first-order valence-electron chi connectivity index (χ1n) is 4.82. The summed E-state index contributed by atoms with van der Waals surface area (Å²) in [5.41, 5.74) is 4.75. The molecule has 1 heterocycles. The van der Waals surface area contributed by atoms with Crippen LogP contribution in [0.2, 0.25) is 0 Å². The van der Waals surface area contributed by atoms with Crippen molar-refractivity contribution in [2.24, 2.45) is 5.73 Å². The Morgan fingerprint density at radius 2 is 2.00 bits per heavy atom. The minimum absolute atomic E-state index is 0.183. The van der Waals surface area contributed by atoms with E-state index in [2.05, 4.69) is 10.6 Å². The van der Waals surface area contributed by atoms with Crippen LogP contribution in [0.4, 0.5) is 0 Å². The van der Waals surface area contributed by atoms with Gasteiger partial charge in [0.25, 0.3) is 0 Å². The standard InChI is InChI=1S/C9H17N3O2/c1-9(2-4-11-5-3-9)12-8(14)6-7(10)13/h11H,2-6H2,1H3,(H2,10,13)(H,12,14). The van der Waals surface area contributed by atoms with Crippen molar-refractivity contribution in [2.45, 2.75) is 31.7 Å². The molecule has 0 aromatic carbocycles. The van der Waals surface area contributed by atoms with E-state index in [4.69, 9.17) is 5.73 Å². The number of piperidine rings is 1. The summed E-state index contributed by atoms with van der Waals surface area (Å²) in [6.45, 7) is 3.79. The lowest BCUT2D eigenvalue weighted by Crippen LogP contribution is -2.52. The van der Waals surface area contributed by atoms with Gasteiger partial charge in [-0.1, -0.05) is 0 Å². The van der Waals surface area contributed by atoms with Crippen LogP contribution in [0.1, 0.15) is 26.2 Å². The lowest BCUT2D eigenvalue weighted by atomic mass is 9.90. The quantitative estimate of drug-likeness (QED) is 0.516. The molecule has 1 fully saturated rings. The molecule has 80 valence electrons. The van der Waals surface area contributed by atoms with E-state index in [1.807, 2.05) is 6.92 Å². The van der Waals surface area contributed by atoms with Gasteiger partial charge in [0.15, 0.2) is 0 Å². The monoisotopic (exact) mass is 199 g/mol. The van der Waals surface area contributed by atoms with Crippen LogP contribution in [-0.2, 0) is 9.59 Å². The highest BCUT2D eigenvalue weighted by Gasteiger charge is 2.28. The Kier molecular flexibility index (Phi) is 3.46. The number of nitrogens with one attached hydrogen (secondary N) is 2. The third-order valence-electron chi connectivity index (χ3n) is 2.48. The molecule has 0 unspecified atom stereocenters. The number of amides is 2. The van der Waals surface area contributed by atoms with Gasteiger partial charge in [0.2, 0.25) is 11.8 Å². The number of primary amides is 1. The van der Waals surface area contributed by atoms with Crippen molar-refractivity contribution in [1.82, 2.24) is 10.6 Å². The molecule has 0 aliphatic carbocycles. The van der Waals surface area contributed by atoms with E-state index in [1.54, 1.807) is 0 Å².